The summed E-state index contributed by atoms with van der Waals surface area (Å²) in [6, 6.07) is 17.0. The van der Waals surface area contributed by atoms with Crippen molar-refractivity contribution in [1.82, 2.24) is 0 Å². The highest BCUT2D eigenvalue weighted by molar-refractivity contribution is 5.87. The molecule has 1 aromatic rings. The Labute approximate surface area is 127 Å². The second kappa shape index (κ2) is 5.57. The van der Waals surface area contributed by atoms with Crippen molar-refractivity contribution in [3.05, 3.63) is 102 Å². The van der Waals surface area contributed by atoms with Crippen LogP contribution in [0.4, 0.5) is 0 Å². The third-order valence-electron chi connectivity index (χ3n) is 4.16. The maximum atomic E-state index is 2.30. The van der Waals surface area contributed by atoms with Gasteiger partial charge in [-0.05, 0) is 22.3 Å². The Morgan fingerprint density at radius 1 is 0.667 bits per heavy atom. The molecule has 0 heteroatoms. The van der Waals surface area contributed by atoms with E-state index in [1.807, 2.05) is 0 Å². The first-order chi connectivity index (χ1) is 10.2. The van der Waals surface area contributed by atoms with E-state index in [2.05, 4.69) is 98.8 Å². The number of hydrogen-bond acceptors (Lipinski definition) is 0. The molecule has 0 unspecified atom stereocenters. The van der Waals surface area contributed by atoms with Crippen molar-refractivity contribution in [3.63, 3.8) is 0 Å². The van der Waals surface area contributed by atoms with Gasteiger partial charge in [0.1, 0.15) is 0 Å². The molecule has 21 heavy (non-hydrogen) atoms. The van der Waals surface area contributed by atoms with Crippen molar-refractivity contribution in [2.24, 2.45) is 0 Å². The highest BCUT2D eigenvalue weighted by Gasteiger charge is 2.34. The summed E-state index contributed by atoms with van der Waals surface area (Å²) < 4.78 is 0. The van der Waals surface area contributed by atoms with Gasteiger partial charge in [0.05, 0.1) is 0 Å². The van der Waals surface area contributed by atoms with Crippen LogP contribution < -0.4 is 0 Å². The minimum absolute atomic E-state index is 0.0221. The second-order valence-corrected chi connectivity index (χ2v) is 5.87. The number of allylic oxidation sites excluding steroid dienone is 8. The lowest BCUT2D eigenvalue weighted by Gasteiger charge is -2.22. The van der Waals surface area contributed by atoms with Crippen LogP contribution >= 0.6 is 0 Å². The largest absolute Gasteiger partial charge is 0.0623 e. The van der Waals surface area contributed by atoms with E-state index in [-0.39, 0.29) is 5.41 Å². The third kappa shape index (κ3) is 2.50. The average molecular weight is 272 g/mol. The molecular formula is C21H20. The maximum Gasteiger partial charge on any atom is 0.0158 e. The predicted octanol–water partition coefficient (Wildman–Crippen LogP) is 5.54. The molecule has 0 nitrogen and oxygen atoms in total. The summed E-state index contributed by atoms with van der Waals surface area (Å²) in [6.45, 7) is 4.61. The molecule has 0 fully saturated rings. The van der Waals surface area contributed by atoms with Crippen LogP contribution in [0.15, 0.2) is 90.6 Å². The molecule has 0 N–H and O–H groups in total. The Kier molecular flexibility index (Phi) is 3.62. The van der Waals surface area contributed by atoms with E-state index in [1.165, 1.54) is 22.3 Å². The zero-order valence-electron chi connectivity index (χ0n) is 12.6. The van der Waals surface area contributed by atoms with Gasteiger partial charge in [0.25, 0.3) is 0 Å². The molecule has 0 saturated carbocycles. The van der Waals surface area contributed by atoms with Crippen molar-refractivity contribution in [1.29, 1.82) is 0 Å². The fourth-order valence-corrected chi connectivity index (χ4v) is 3.06. The van der Waals surface area contributed by atoms with Crippen molar-refractivity contribution in [3.8, 4) is 0 Å². The normalized spacial score (nSPS) is 17.6. The first-order valence-corrected chi connectivity index (χ1v) is 7.40. The third-order valence-corrected chi connectivity index (χ3v) is 4.16. The topological polar surface area (TPSA) is 0 Å². The molecule has 0 bridgehead atoms. The Balaban J connectivity index is 2.32. The number of fused-ring (bicyclic) bond motifs is 2. The van der Waals surface area contributed by atoms with E-state index in [0.717, 1.165) is 0 Å². The Bertz CT molecular complexity index is 723. The highest BCUT2D eigenvalue weighted by atomic mass is 14.4. The number of hydrogen-bond donors (Lipinski definition) is 0. The molecule has 0 amide bonds. The lowest BCUT2D eigenvalue weighted by Crippen LogP contribution is -2.15. The van der Waals surface area contributed by atoms with Crippen LogP contribution in [0.2, 0.25) is 0 Å². The average Bonchev–Trinajstić information content (AvgIpc) is 2.62. The highest BCUT2D eigenvalue weighted by Crippen LogP contribution is 2.46. The van der Waals surface area contributed by atoms with Gasteiger partial charge in [0.2, 0.25) is 0 Å². The molecule has 0 spiro atoms. The molecule has 0 heterocycles. The van der Waals surface area contributed by atoms with Crippen LogP contribution in [-0.2, 0) is 5.41 Å². The molecule has 2 aliphatic carbocycles. The van der Waals surface area contributed by atoms with Crippen LogP contribution in [0.3, 0.4) is 0 Å². The zero-order valence-corrected chi connectivity index (χ0v) is 12.6. The molecular weight excluding hydrogens is 252 g/mol. The van der Waals surface area contributed by atoms with Gasteiger partial charge in [-0.25, -0.2) is 0 Å². The standard InChI is InChI=1S/C21H20/c1-21(2)19-15-11-6-4-3-5-9-13-17(19)18-14-10-7-8-12-16-20(18)21/h3-16H,1-2H3. The molecule has 1 aromatic carbocycles. The molecule has 0 saturated heterocycles. The molecule has 0 aromatic heterocycles. The Hall–Kier alpha value is -2.34. The van der Waals surface area contributed by atoms with Gasteiger partial charge < -0.3 is 0 Å². The van der Waals surface area contributed by atoms with Gasteiger partial charge in [0.15, 0.2) is 0 Å². The summed E-state index contributed by atoms with van der Waals surface area (Å²) in [6.07, 6.45) is 12.9. The van der Waals surface area contributed by atoms with E-state index in [4.69, 9.17) is 0 Å². The fraction of sp³-hybridized carbons (Fsp3) is 0.143. The summed E-state index contributed by atoms with van der Waals surface area (Å²) in [5, 5.41) is 0. The fourth-order valence-electron chi connectivity index (χ4n) is 3.06. The molecule has 0 aliphatic heterocycles. The summed E-state index contributed by atoms with van der Waals surface area (Å²) >= 11 is 0. The van der Waals surface area contributed by atoms with Gasteiger partial charge in [-0.1, -0.05) is 98.8 Å². The van der Waals surface area contributed by atoms with Crippen molar-refractivity contribution >= 4 is 5.57 Å². The van der Waals surface area contributed by atoms with Crippen LogP contribution in [0.1, 0.15) is 25.0 Å². The molecule has 3 rings (SSSR count). The number of rotatable bonds is 0. The first-order valence-electron chi connectivity index (χ1n) is 7.40. The second-order valence-electron chi connectivity index (χ2n) is 5.87. The van der Waals surface area contributed by atoms with Gasteiger partial charge in [-0.15, -0.1) is 0 Å². The molecule has 0 atom stereocenters. The predicted molar refractivity (Wildman–Crippen MR) is 91.4 cm³/mol. The van der Waals surface area contributed by atoms with Gasteiger partial charge in [0, 0.05) is 5.41 Å². The quantitative estimate of drug-likeness (QED) is 0.582. The van der Waals surface area contributed by atoms with E-state index in [9.17, 15) is 0 Å². The van der Waals surface area contributed by atoms with Gasteiger partial charge in [-0.2, -0.15) is 0 Å². The van der Waals surface area contributed by atoms with E-state index in [1.54, 1.807) is 0 Å². The SMILES string of the molecule is CC1(C)C2=C(C=CC=CC=C2)c2ccccccccc21. The summed E-state index contributed by atoms with van der Waals surface area (Å²) in [5.74, 6) is 0. The zero-order chi connectivity index (χ0) is 14.7. The van der Waals surface area contributed by atoms with E-state index < -0.39 is 0 Å². The smallest absolute Gasteiger partial charge is 0.0158 e. The summed E-state index contributed by atoms with van der Waals surface area (Å²) in [7, 11) is 0. The van der Waals surface area contributed by atoms with Crippen LogP contribution in [0.5, 0.6) is 0 Å². The van der Waals surface area contributed by atoms with Crippen molar-refractivity contribution in [2.75, 3.05) is 0 Å². The minimum atomic E-state index is 0.0221. The molecule has 2 aliphatic rings. The van der Waals surface area contributed by atoms with Crippen molar-refractivity contribution < 1.29 is 0 Å². The summed E-state index contributed by atoms with van der Waals surface area (Å²) in [5.41, 5.74) is 5.43. The summed E-state index contributed by atoms with van der Waals surface area (Å²) in [4.78, 5) is 0. The lowest BCUT2D eigenvalue weighted by molar-refractivity contribution is 0.654. The van der Waals surface area contributed by atoms with Crippen LogP contribution in [0.25, 0.3) is 5.57 Å². The molecule has 104 valence electrons. The monoisotopic (exact) mass is 272 g/mol. The molecule has 0 radical (unpaired) electrons. The maximum absolute atomic E-state index is 2.30. The van der Waals surface area contributed by atoms with Crippen molar-refractivity contribution in [2.45, 2.75) is 19.3 Å². The van der Waals surface area contributed by atoms with Gasteiger partial charge in [-0.3, -0.25) is 0 Å². The Morgan fingerprint density at radius 2 is 1.29 bits per heavy atom. The van der Waals surface area contributed by atoms with E-state index in [0.29, 0.717) is 0 Å². The van der Waals surface area contributed by atoms with E-state index >= 15 is 0 Å². The van der Waals surface area contributed by atoms with Crippen LogP contribution in [0, 0.1) is 0 Å². The first kappa shape index (κ1) is 13.6. The Morgan fingerprint density at radius 3 is 2.05 bits per heavy atom. The van der Waals surface area contributed by atoms with Crippen LogP contribution in [-0.4, -0.2) is 0 Å². The lowest BCUT2D eigenvalue weighted by atomic mass is 9.81. The minimum Gasteiger partial charge on any atom is -0.0623 e. The van der Waals surface area contributed by atoms with Gasteiger partial charge >= 0.3 is 0 Å².